The Morgan fingerprint density at radius 1 is 1.35 bits per heavy atom. The first-order valence-electron chi connectivity index (χ1n) is 9.09. The molecule has 0 radical (unpaired) electrons. The predicted octanol–water partition coefficient (Wildman–Crippen LogP) is 2.48. The number of carbonyl (C=O) groups excluding carboxylic acids is 1. The molecule has 0 bridgehead atoms. The molecule has 0 fully saturated rings. The van der Waals surface area contributed by atoms with Gasteiger partial charge in [-0.2, -0.15) is 0 Å². The molecule has 26 heavy (non-hydrogen) atoms. The zero-order valence-electron chi connectivity index (χ0n) is 15.5. The number of nitrogens with zero attached hydrogens (tertiary/aromatic N) is 2. The zero-order chi connectivity index (χ0) is 18.8. The van der Waals surface area contributed by atoms with E-state index in [0.29, 0.717) is 36.3 Å². The molecule has 140 valence electrons. The van der Waals surface area contributed by atoms with E-state index in [0.717, 1.165) is 5.39 Å². The Hall–Kier alpha value is -2.18. The van der Waals surface area contributed by atoms with Crippen molar-refractivity contribution >= 4 is 22.4 Å². The molecule has 2 atom stereocenters. The van der Waals surface area contributed by atoms with E-state index in [1.165, 1.54) is 6.07 Å². The number of nitrogens with one attached hydrogen (secondary N) is 1. The third kappa shape index (κ3) is 3.15. The fraction of sp³-hybridized carbons (Fsp3) is 0.450. The number of carbonyl (C=O) groups is 1. The van der Waals surface area contributed by atoms with Gasteiger partial charge in [0.05, 0.1) is 24.1 Å². The Morgan fingerprint density at radius 2 is 2.08 bits per heavy atom. The molecule has 6 heteroatoms. The molecule has 1 aliphatic heterocycles. The molecule has 2 aromatic rings. The van der Waals surface area contributed by atoms with Crippen molar-refractivity contribution in [1.29, 1.82) is 0 Å². The topological polar surface area (TPSA) is 59.6 Å². The van der Waals surface area contributed by atoms with Gasteiger partial charge in [-0.25, -0.2) is 4.39 Å². The summed E-state index contributed by atoms with van der Waals surface area (Å²) in [5.41, 5.74) is 1.80. The summed E-state index contributed by atoms with van der Waals surface area (Å²) in [5.74, 6) is -0.675. The minimum Gasteiger partial charge on any atom is -0.394 e. The van der Waals surface area contributed by atoms with E-state index in [9.17, 15) is 14.3 Å². The van der Waals surface area contributed by atoms with Gasteiger partial charge in [0.2, 0.25) is 5.91 Å². The quantitative estimate of drug-likeness (QED) is 0.862. The van der Waals surface area contributed by atoms with Crippen molar-refractivity contribution in [2.45, 2.75) is 19.9 Å². The highest BCUT2D eigenvalue weighted by Gasteiger charge is 2.34. The van der Waals surface area contributed by atoms with Crippen molar-refractivity contribution in [3.63, 3.8) is 0 Å². The second kappa shape index (κ2) is 7.60. The van der Waals surface area contributed by atoms with Crippen LogP contribution in [0.4, 0.5) is 4.39 Å². The number of hydrogen-bond donors (Lipinski definition) is 2. The van der Waals surface area contributed by atoms with E-state index in [4.69, 9.17) is 0 Å². The van der Waals surface area contributed by atoms with Crippen LogP contribution in [-0.2, 0) is 4.79 Å². The van der Waals surface area contributed by atoms with Crippen LogP contribution in [0.1, 0.15) is 19.4 Å². The van der Waals surface area contributed by atoms with E-state index >= 15 is 0 Å². The SMILES string of the molecule is CCN(CC)C(=O)C1C=C(c2c(F)ccc3cc[nH]c23)C(CO)N(C)C1. The molecule has 3 rings (SSSR count). The number of aromatic amines is 1. The van der Waals surface area contributed by atoms with E-state index in [1.807, 2.05) is 37.9 Å². The van der Waals surface area contributed by atoms with Gasteiger partial charge in [0, 0.05) is 36.8 Å². The summed E-state index contributed by atoms with van der Waals surface area (Å²) in [7, 11) is 1.86. The van der Waals surface area contributed by atoms with Crippen LogP contribution in [0.25, 0.3) is 16.5 Å². The van der Waals surface area contributed by atoms with Crippen molar-refractivity contribution in [3.05, 3.63) is 41.9 Å². The van der Waals surface area contributed by atoms with Crippen molar-refractivity contribution < 1.29 is 14.3 Å². The van der Waals surface area contributed by atoms with Crippen LogP contribution in [0, 0.1) is 11.7 Å². The first kappa shape index (κ1) is 18.6. The Bertz CT molecular complexity index is 826. The molecule has 1 aliphatic rings. The van der Waals surface area contributed by atoms with Crippen LogP contribution in [0.3, 0.4) is 0 Å². The average molecular weight is 359 g/mol. The van der Waals surface area contributed by atoms with Gasteiger partial charge in [0.1, 0.15) is 5.82 Å². The Labute approximate surface area is 153 Å². The van der Waals surface area contributed by atoms with Crippen LogP contribution in [0.5, 0.6) is 0 Å². The molecule has 5 nitrogen and oxygen atoms in total. The molecule has 2 N–H and O–H groups in total. The van der Waals surface area contributed by atoms with Gasteiger partial charge >= 0.3 is 0 Å². The van der Waals surface area contributed by atoms with E-state index in [1.54, 1.807) is 17.2 Å². The highest BCUT2D eigenvalue weighted by molar-refractivity contribution is 5.94. The summed E-state index contributed by atoms with van der Waals surface area (Å²) in [4.78, 5) is 19.7. The molecule has 2 heterocycles. The van der Waals surface area contributed by atoms with Gasteiger partial charge in [0.25, 0.3) is 0 Å². The summed E-state index contributed by atoms with van der Waals surface area (Å²) in [6.45, 7) is 5.56. The highest BCUT2D eigenvalue weighted by atomic mass is 19.1. The van der Waals surface area contributed by atoms with Gasteiger partial charge in [-0.1, -0.05) is 6.08 Å². The lowest BCUT2D eigenvalue weighted by Gasteiger charge is -2.37. The van der Waals surface area contributed by atoms with Gasteiger partial charge in [0.15, 0.2) is 0 Å². The summed E-state index contributed by atoms with van der Waals surface area (Å²) in [5, 5.41) is 10.8. The number of amides is 1. The highest BCUT2D eigenvalue weighted by Crippen LogP contribution is 2.34. The molecule has 0 spiro atoms. The molecule has 1 aromatic carbocycles. The van der Waals surface area contributed by atoms with Crippen LogP contribution in [-0.4, -0.2) is 65.1 Å². The summed E-state index contributed by atoms with van der Waals surface area (Å²) >= 11 is 0. The van der Waals surface area contributed by atoms with E-state index in [2.05, 4.69) is 4.98 Å². The molecule has 1 aromatic heterocycles. The fourth-order valence-electron chi connectivity index (χ4n) is 3.85. The van der Waals surface area contributed by atoms with Crippen LogP contribution >= 0.6 is 0 Å². The number of fused-ring (bicyclic) bond motifs is 1. The van der Waals surface area contributed by atoms with Crippen LogP contribution in [0.2, 0.25) is 0 Å². The van der Waals surface area contributed by atoms with Crippen molar-refractivity contribution in [2.24, 2.45) is 5.92 Å². The van der Waals surface area contributed by atoms with Crippen molar-refractivity contribution in [1.82, 2.24) is 14.8 Å². The smallest absolute Gasteiger partial charge is 0.230 e. The number of benzene rings is 1. The number of aliphatic hydroxyl groups is 1. The third-order valence-electron chi connectivity index (χ3n) is 5.29. The average Bonchev–Trinajstić information content (AvgIpc) is 3.10. The molecule has 0 saturated heterocycles. The lowest BCUT2D eigenvalue weighted by Crippen LogP contribution is -2.47. The second-order valence-corrected chi connectivity index (χ2v) is 6.74. The minimum absolute atomic E-state index is 0.0369. The first-order chi connectivity index (χ1) is 12.5. The summed E-state index contributed by atoms with van der Waals surface area (Å²) in [6.07, 6.45) is 3.62. The number of aliphatic hydroxyl groups excluding tert-OH is 1. The standard InChI is InChI=1S/C20H26FN3O2/c1-4-24(5-2)20(26)14-10-15(17(12-25)23(3)11-14)18-16(21)7-6-13-8-9-22-19(13)18/h6-10,14,17,22,25H,4-5,11-12H2,1-3H3. The number of hydrogen-bond acceptors (Lipinski definition) is 3. The number of rotatable bonds is 5. The Morgan fingerprint density at radius 3 is 2.73 bits per heavy atom. The molecule has 2 unspecified atom stereocenters. The van der Waals surface area contributed by atoms with Crippen molar-refractivity contribution in [3.8, 4) is 0 Å². The van der Waals surface area contributed by atoms with Gasteiger partial charge < -0.3 is 15.0 Å². The lowest BCUT2D eigenvalue weighted by molar-refractivity contribution is -0.134. The minimum atomic E-state index is -0.359. The lowest BCUT2D eigenvalue weighted by atomic mass is 9.87. The third-order valence-corrected chi connectivity index (χ3v) is 5.29. The molecule has 1 amide bonds. The molecular formula is C20H26FN3O2. The van der Waals surface area contributed by atoms with Crippen LogP contribution < -0.4 is 0 Å². The Balaban J connectivity index is 2.12. The summed E-state index contributed by atoms with van der Waals surface area (Å²) < 4.78 is 14.8. The number of halogens is 1. The monoisotopic (exact) mass is 359 g/mol. The second-order valence-electron chi connectivity index (χ2n) is 6.74. The van der Waals surface area contributed by atoms with E-state index < -0.39 is 0 Å². The number of likely N-dealkylation sites (N-methyl/N-ethyl adjacent to an activating group) is 1. The van der Waals surface area contributed by atoms with Gasteiger partial charge in [-0.05, 0) is 44.7 Å². The summed E-state index contributed by atoms with van der Waals surface area (Å²) in [6, 6.07) is 4.71. The van der Waals surface area contributed by atoms with Gasteiger partial charge in [-0.3, -0.25) is 9.69 Å². The predicted molar refractivity (Wildman–Crippen MR) is 101 cm³/mol. The van der Waals surface area contributed by atoms with Crippen LogP contribution in [0.15, 0.2) is 30.5 Å². The number of aromatic nitrogens is 1. The fourth-order valence-corrected chi connectivity index (χ4v) is 3.85. The van der Waals surface area contributed by atoms with Crippen molar-refractivity contribution in [2.75, 3.05) is 33.3 Å². The first-order valence-corrected chi connectivity index (χ1v) is 9.09. The maximum atomic E-state index is 14.8. The molecule has 0 saturated carbocycles. The Kier molecular flexibility index (Phi) is 5.44. The molecular weight excluding hydrogens is 333 g/mol. The molecule has 0 aliphatic carbocycles. The maximum Gasteiger partial charge on any atom is 0.230 e. The maximum absolute atomic E-state index is 14.8. The largest absolute Gasteiger partial charge is 0.394 e. The zero-order valence-corrected chi connectivity index (χ0v) is 15.5. The number of H-pyrrole nitrogens is 1. The normalized spacial score (nSPS) is 21.0. The van der Waals surface area contributed by atoms with Gasteiger partial charge in [-0.15, -0.1) is 0 Å². The van der Waals surface area contributed by atoms with E-state index in [-0.39, 0.29) is 30.3 Å².